The molecular formula is C21H33N4O2+. The minimum Gasteiger partial charge on any atom is -0.376 e. The Hall–Kier alpha value is -1.84. The summed E-state index contributed by atoms with van der Waals surface area (Å²) in [6.45, 7) is 5.90. The van der Waals surface area contributed by atoms with E-state index in [1.165, 1.54) is 37.0 Å². The highest BCUT2D eigenvalue weighted by molar-refractivity contribution is 5.92. The quantitative estimate of drug-likeness (QED) is 0.801. The van der Waals surface area contributed by atoms with Crippen molar-refractivity contribution in [2.75, 3.05) is 25.5 Å². The Morgan fingerprint density at radius 3 is 2.63 bits per heavy atom. The molecule has 0 aromatic carbocycles. The van der Waals surface area contributed by atoms with Gasteiger partial charge in [-0.25, -0.2) is 0 Å². The number of anilines is 1. The fraction of sp³-hybridized carbons (Fsp3) is 0.714. The van der Waals surface area contributed by atoms with Gasteiger partial charge in [0, 0.05) is 12.3 Å². The van der Waals surface area contributed by atoms with Crippen molar-refractivity contribution in [3.05, 3.63) is 16.8 Å². The molecule has 6 heteroatoms. The molecule has 1 saturated heterocycles. The number of ether oxygens (including phenoxy) is 1. The highest BCUT2D eigenvalue weighted by Gasteiger charge is 2.26. The van der Waals surface area contributed by atoms with Gasteiger partial charge in [-0.3, -0.25) is 4.79 Å². The first-order valence-electron chi connectivity index (χ1n) is 10.3. The second-order valence-electron chi connectivity index (χ2n) is 8.20. The summed E-state index contributed by atoms with van der Waals surface area (Å²) in [7, 11) is 2.11. The molecule has 1 aliphatic carbocycles. The van der Waals surface area contributed by atoms with Gasteiger partial charge >= 0.3 is 0 Å². The number of carbonyl (C=O) groups is 1. The summed E-state index contributed by atoms with van der Waals surface area (Å²) in [4.78, 5) is 14.0. The van der Waals surface area contributed by atoms with Crippen molar-refractivity contribution in [3.8, 4) is 6.07 Å². The topological polar surface area (TPSA) is 71.5 Å². The van der Waals surface area contributed by atoms with Crippen LogP contribution in [0.1, 0.15) is 61.8 Å². The molecular weight excluding hydrogens is 340 g/mol. The van der Waals surface area contributed by atoms with Gasteiger partial charge in [-0.2, -0.15) is 5.26 Å². The second-order valence-corrected chi connectivity index (χ2v) is 8.20. The number of nitriles is 1. The number of nitrogens with zero attached hydrogens (tertiary/aromatic N) is 2. The Balaban J connectivity index is 1.73. The molecule has 1 aliphatic heterocycles. The zero-order valence-corrected chi connectivity index (χ0v) is 16.9. The van der Waals surface area contributed by atoms with Crippen LogP contribution >= 0.6 is 0 Å². The van der Waals surface area contributed by atoms with E-state index in [2.05, 4.69) is 23.0 Å². The monoisotopic (exact) mass is 373 g/mol. The van der Waals surface area contributed by atoms with Crippen molar-refractivity contribution in [2.24, 2.45) is 0 Å². The molecule has 1 aromatic rings. The number of amides is 1. The number of aromatic nitrogens is 1. The highest BCUT2D eigenvalue weighted by Crippen LogP contribution is 2.28. The van der Waals surface area contributed by atoms with E-state index in [1.807, 2.05) is 13.8 Å². The van der Waals surface area contributed by atoms with E-state index in [-0.39, 0.29) is 12.0 Å². The lowest BCUT2D eigenvalue weighted by Gasteiger charge is -2.27. The first-order chi connectivity index (χ1) is 13.0. The van der Waals surface area contributed by atoms with E-state index in [4.69, 9.17) is 4.74 Å². The summed E-state index contributed by atoms with van der Waals surface area (Å²) < 4.78 is 7.85. The van der Waals surface area contributed by atoms with Crippen LogP contribution in [0, 0.1) is 25.2 Å². The van der Waals surface area contributed by atoms with Crippen molar-refractivity contribution >= 4 is 11.7 Å². The smallest absolute Gasteiger partial charge is 0.280 e. The number of hydrogen-bond acceptors (Lipinski definition) is 3. The maximum atomic E-state index is 12.8. The van der Waals surface area contributed by atoms with Gasteiger partial charge in [0.15, 0.2) is 6.54 Å². The number of likely N-dealkylation sites (N-methyl/N-ethyl adjacent to an activating group) is 1. The molecule has 0 bridgehead atoms. The molecule has 2 atom stereocenters. The minimum atomic E-state index is -0.0133. The largest absolute Gasteiger partial charge is 0.376 e. The van der Waals surface area contributed by atoms with E-state index >= 15 is 0 Å². The molecule has 1 aromatic heterocycles. The van der Waals surface area contributed by atoms with E-state index in [1.54, 1.807) is 0 Å². The third-order valence-corrected chi connectivity index (χ3v) is 6.35. The number of quaternary nitrogens is 1. The fourth-order valence-electron chi connectivity index (χ4n) is 4.52. The van der Waals surface area contributed by atoms with Gasteiger partial charge in [0.2, 0.25) is 0 Å². The summed E-state index contributed by atoms with van der Waals surface area (Å²) in [5.41, 5.74) is 2.55. The van der Waals surface area contributed by atoms with Gasteiger partial charge in [-0.1, -0.05) is 6.42 Å². The molecule has 2 aliphatic rings. The predicted molar refractivity (Wildman–Crippen MR) is 105 cm³/mol. The van der Waals surface area contributed by atoms with Crippen molar-refractivity contribution < 1.29 is 14.4 Å². The van der Waals surface area contributed by atoms with Crippen LogP contribution in [0.25, 0.3) is 0 Å². The zero-order chi connectivity index (χ0) is 19.4. The Kier molecular flexibility index (Phi) is 6.56. The Bertz CT molecular complexity index is 707. The normalized spacial score (nSPS) is 21.8. The Morgan fingerprint density at radius 2 is 2.00 bits per heavy atom. The number of hydrogen-bond donors (Lipinski definition) is 2. The van der Waals surface area contributed by atoms with E-state index in [9.17, 15) is 10.1 Å². The molecule has 0 radical (unpaired) electrons. The maximum Gasteiger partial charge on any atom is 0.280 e. The molecule has 1 amide bonds. The van der Waals surface area contributed by atoms with Crippen molar-refractivity contribution in [3.63, 3.8) is 0 Å². The summed E-state index contributed by atoms with van der Waals surface area (Å²) >= 11 is 0. The van der Waals surface area contributed by atoms with Crippen molar-refractivity contribution in [1.82, 2.24) is 4.57 Å². The van der Waals surface area contributed by atoms with Crippen LogP contribution in [-0.4, -0.2) is 42.8 Å². The maximum absolute atomic E-state index is 12.8. The summed E-state index contributed by atoms with van der Waals surface area (Å²) in [6.07, 6.45) is 8.53. The van der Waals surface area contributed by atoms with E-state index < -0.39 is 0 Å². The third kappa shape index (κ3) is 4.53. The Morgan fingerprint density at radius 1 is 1.26 bits per heavy atom. The first-order valence-corrected chi connectivity index (χ1v) is 10.3. The third-order valence-electron chi connectivity index (χ3n) is 6.35. The highest BCUT2D eigenvalue weighted by atomic mass is 16.5. The van der Waals surface area contributed by atoms with Crippen LogP contribution in [0.2, 0.25) is 0 Å². The molecule has 2 N–H and O–H groups in total. The first kappa shape index (κ1) is 19.9. The lowest BCUT2D eigenvalue weighted by atomic mass is 9.94. The zero-order valence-electron chi connectivity index (χ0n) is 16.9. The summed E-state index contributed by atoms with van der Waals surface area (Å²) in [5, 5.41) is 12.7. The summed E-state index contributed by atoms with van der Waals surface area (Å²) in [5.74, 6) is 0.630. The minimum absolute atomic E-state index is 0.0133. The standard InChI is InChI=1S/C21H32N4O2/c1-15-16(2)25(13-18-10-7-11-27-18)21(19(15)12-22)23-20(26)14-24(3)17-8-5-4-6-9-17/h17-18H,4-11,13-14H2,1-3H3,(H,23,26)/p+1/t18-/m1/s1. The molecule has 1 saturated carbocycles. The average molecular weight is 374 g/mol. The van der Waals surface area contributed by atoms with Crippen LogP contribution in [0.3, 0.4) is 0 Å². The molecule has 6 nitrogen and oxygen atoms in total. The number of nitrogens with one attached hydrogen (secondary N) is 2. The molecule has 0 spiro atoms. The lowest BCUT2D eigenvalue weighted by molar-refractivity contribution is -0.899. The van der Waals surface area contributed by atoms with Gasteiger partial charge < -0.3 is 19.5 Å². The SMILES string of the molecule is Cc1c(C#N)c(NC(=O)C[NH+](C)C2CCCCC2)n(C[C@H]2CCCO2)c1C. The summed E-state index contributed by atoms with van der Waals surface area (Å²) in [6, 6.07) is 2.86. The van der Waals surface area contributed by atoms with Crippen LogP contribution in [-0.2, 0) is 16.1 Å². The van der Waals surface area contributed by atoms with Crippen molar-refractivity contribution in [2.45, 2.75) is 77.5 Å². The van der Waals surface area contributed by atoms with Crippen molar-refractivity contribution in [1.29, 1.82) is 5.26 Å². The van der Waals surface area contributed by atoms with Gasteiger partial charge in [0.05, 0.1) is 31.3 Å². The van der Waals surface area contributed by atoms with E-state index in [0.717, 1.165) is 30.7 Å². The second kappa shape index (κ2) is 8.90. The van der Waals surface area contributed by atoms with Gasteiger partial charge in [-0.05, 0) is 57.9 Å². The average Bonchev–Trinajstić information content (AvgIpc) is 3.25. The van der Waals surface area contributed by atoms with Crippen LogP contribution in [0.15, 0.2) is 0 Å². The molecule has 148 valence electrons. The molecule has 1 unspecified atom stereocenters. The molecule has 2 fully saturated rings. The van der Waals surface area contributed by atoms with Gasteiger partial charge in [0.25, 0.3) is 5.91 Å². The number of carbonyl (C=O) groups excluding carboxylic acids is 1. The lowest BCUT2D eigenvalue weighted by Crippen LogP contribution is -3.14. The molecule has 3 rings (SSSR count). The fourth-order valence-corrected chi connectivity index (χ4v) is 4.52. The van der Waals surface area contributed by atoms with E-state index in [0.29, 0.717) is 30.5 Å². The predicted octanol–water partition coefficient (Wildman–Crippen LogP) is 1.94. The van der Waals surface area contributed by atoms with Crippen LogP contribution in [0.4, 0.5) is 5.82 Å². The molecule has 27 heavy (non-hydrogen) atoms. The van der Waals surface area contributed by atoms with Crippen LogP contribution in [0.5, 0.6) is 0 Å². The van der Waals surface area contributed by atoms with Crippen LogP contribution < -0.4 is 10.2 Å². The van der Waals surface area contributed by atoms with Gasteiger partial charge in [-0.15, -0.1) is 0 Å². The Labute approximate surface area is 162 Å². The number of rotatable bonds is 6. The van der Waals surface area contributed by atoms with Gasteiger partial charge in [0.1, 0.15) is 11.9 Å². The molecule has 2 heterocycles.